The fourth-order valence-corrected chi connectivity index (χ4v) is 1.96. The summed E-state index contributed by atoms with van der Waals surface area (Å²) in [5.41, 5.74) is 16.1. The molecule has 0 bridgehead atoms. The summed E-state index contributed by atoms with van der Waals surface area (Å²) in [4.78, 5) is 17.2. The number of rotatable bonds is 19. The van der Waals surface area contributed by atoms with Crippen LogP contribution in [0.25, 0.3) is 20.9 Å². The lowest BCUT2D eigenvalue weighted by atomic mass is 9.90. The number of esters is 1. The maximum atomic E-state index is 11.8. The molecule has 0 aliphatic heterocycles. The van der Waals surface area contributed by atoms with Crippen molar-refractivity contribution in [1.82, 2.24) is 0 Å². The molecular weight excluding hydrogens is 376 g/mol. The van der Waals surface area contributed by atoms with Gasteiger partial charge in [-0.15, -0.1) is 0 Å². The van der Waals surface area contributed by atoms with Crippen molar-refractivity contribution in [2.75, 3.05) is 86.8 Å². The lowest BCUT2D eigenvalue weighted by molar-refractivity contribution is -0.154. The molecule has 0 rings (SSSR count). The van der Waals surface area contributed by atoms with Crippen molar-refractivity contribution in [3.8, 4) is 0 Å². The molecule has 0 aromatic carbocycles. The lowest BCUT2D eigenvalue weighted by Gasteiger charge is -2.29. The normalized spacial score (nSPS) is 12.5. The number of hydrogen-bond donors (Lipinski definition) is 0. The highest BCUT2D eigenvalue weighted by Gasteiger charge is 2.31. The van der Waals surface area contributed by atoms with Gasteiger partial charge in [0, 0.05) is 42.5 Å². The van der Waals surface area contributed by atoms with Crippen molar-refractivity contribution in [1.29, 1.82) is 0 Å². The molecule has 0 aromatic heterocycles. The van der Waals surface area contributed by atoms with Gasteiger partial charge in [-0.1, -0.05) is 10.2 Å². The molecule has 0 saturated carbocycles. The van der Waals surface area contributed by atoms with Gasteiger partial charge in [0.15, 0.2) is 0 Å². The van der Waals surface area contributed by atoms with Crippen LogP contribution in [0.4, 0.5) is 0 Å². The molecule has 13 heteroatoms. The van der Waals surface area contributed by atoms with E-state index in [4.69, 9.17) is 39.5 Å². The van der Waals surface area contributed by atoms with Crippen molar-refractivity contribution < 1.29 is 33.2 Å². The molecule has 0 unspecified atom stereocenters. The second-order valence-corrected chi connectivity index (χ2v) is 5.64. The minimum Gasteiger partial charge on any atom is -0.463 e. The number of ether oxygens (including phenoxy) is 6. The Morgan fingerprint density at radius 3 is 1.86 bits per heavy atom. The van der Waals surface area contributed by atoms with Crippen LogP contribution in [0, 0.1) is 5.41 Å². The Morgan fingerprint density at radius 2 is 1.36 bits per heavy atom. The third-order valence-electron chi connectivity index (χ3n) is 3.32. The third-order valence-corrected chi connectivity index (χ3v) is 3.32. The smallest absolute Gasteiger partial charge is 0.332 e. The minimum atomic E-state index is -0.936. The van der Waals surface area contributed by atoms with Crippen molar-refractivity contribution >= 4 is 5.97 Å². The Balaban J connectivity index is 4.07. The molecule has 13 nitrogen and oxygen atoms in total. The van der Waals surface area contributed by atoms with E-state index in [9.17, 15) is 4.79 Å². The highest BCUT2D eigenvalue weighted by Crippen LogP contribution is 2.20. The summed E-state index contributed by atoms with van der Waals surface area (Å²) in [5.74, 6) is -0.606. The Hall–Kier alpha value is -2.11. The molecule has 0 heterocycles. The summed E-state index contributed by atoms with van der Waals surface area (Å²) < 4.78 is 30.7. The van der Waals surface area contributed by atoms with Crippen molar-refractivity contribution in [2.24, 2.45) is 15.6 Å². The van der Waals surface area contributed by atoms with Gasteiger partial charge in [-0.25, -0.2) is 4.79 Å². The fraction of sp³-hybridized carbons (Fsp3) is 0.933. The van der Waals surface area contributed by atoms with E-state index < -0.39 is 11.4 Å². The van der Waals surface area contributed by atoms with Gasteiger partial charge in [0.05, 0.1) is 52.9 Å². The van der Waals surface area contributed by atoms with Crippen LogP contribution >= 0.6 is 0 Å². The number of carbonyl (C=O) groups excluding carboxylic acids is 1. The van der Waals surface area contributed by atoms with E-state index in [1.807, 2.05) is 0 Å². The van der Waals surface area contributed by atoms with Crippen LogP contribution < -0.4 is 0 Å². The standard InChI is InChI=1S/C15H28N6O7/c1-23-3-4-25-5-6-26-7-8-27-9-14(22)28-13-15(12-24-2,10-18-20-16)11-19-21-17/h3-13H2,1-2H3. The van der Waals surface area contributed by atoms with Crippen LogP contribution in [0.2, 0.25) is 0 Å². The molecular formula is C15H28N6O7. The van der Waals surface area contributed by atoms with E-state index in [1.165, 1.54) is 7.11 Å². The first kappa shape index (κ1) is 25.9. The Bertz CT molecular complexity index is 489. The van der Waals surface area contributed by atoms with Gasteiger partial charge in [0.25, 0.3) is 0 Å². The number of methoxy groups -OCH3 is 2. The summed E-state index contributed by atoms with van der Waals surface area (Å²) in [6, 6.07) is 0. The van der Waals surface area contributed by atoms with Crippen LogP contribution in [0.5, 0.6) is 0 Å². The molecule has 0 N–H and O–H groups in total. The molecule has 0 atom stereocenters. The first-order valence-corrected chi connectivity index (χ1v) is 8.52. The van der Waals surface area contributed by atoms with Gasteiger partial charge in [0.2, 0.25) is 0 Å². The molecule has 0 radical (unpaired) electrons. The molecule has 160 valence electrons. The predicted molar refractivity (Wildman–Crippen MR) is 97.6 cm³/mol. The second kappa shape index (κ2) is 18.3. The zero-order chi connectivity index (χ0) is 20.9. The summed E-state index contributed by atoms with van der Waals surface area (Å²) in [6.07, 6.45) is 0. The Morgan fingerprint density at radius 1 is 0.821 bits per heavy atom. The van der Waals surface area contributed by atoms with E-state index in [2.05, 4.69) is 20.1 Å². The molecule has 0 aliphatic carbocycles. The Labute approximate surface area is 163 Å². The molecule has 0 aromatic rings. The van der Waals surface area contributed by atoms with Gasteiger partial charge in [-0.3, -0.25) is 0 Å². The van der Waals surface area contributed by atoms with Crippen LogP contribution in [0.3, 0.4) is 0 Å². The molecule has 0 spiro atoms. The highest BCUT2D eigenvalue weighted by atomic mass is 16.6. The maximum absolute atomic E-state index is 11.8. The number of nitrogens with zero attached hydrogens (tertiary/aromatic N) is 6. The summed E-state index contributed by atoms with van der Waals surface area (Å²) in [7, 11) is 3.04. The summed E-state index contributed by atoms with van der Waals surface area (Å²) in [5, 5.41) is 6.96. The van der Waals surface area contributed by atoms with Gasteiger partial charge in [0.1, 0.15) is 6.61 Å². The van der Waals surface area contributed by atoms with Crippen molar-refractivity contribution in [3.63, 3.8) is 0 Å². The molecule has 28 heavy (non-hydrogen) atoms. The van der Waals surface area contributed by atoms with Crippen LogP contribution in [0.1, 0.15) is 0 Å². The third kappa shape index (κ3) is 14.0. The molecule has 0 amide bonds. The average Bonchev–Trinajstić information content (AvgIpc) is 2.70. The minimum absolute atomic E-state index is 0.0508. The van der Waals surface area contributed by atoms with Gasteiger partial charge in [-0.2, -0.15) is 0 Å². The van der Waals surface area contributed by atoms with Gasteiger partial charge in [-0.05, 0) is 11.1 Å². The van der Waals surface area contributed by atoms with Gasteiger partial charge >= 0.3 is 5.97 Å². The maximum Gasteiger partial charge on any atom is 0.332 e. The zero-order valence-electron chi connectivity index (χ0n) is 16.3. The van der Waals surface area contributed by atoms with Gasteiger partial charge < -0.3 is 28.4 Å². The number of hydrogen-bond acceptors (Lipinski definition) is 9. The molecule has 0 saturated heterocycles. The number of carbonyl (C=O) groups is 1. The largest absolute Gasteiger partial charge is 0.463 e. The highest BCUT2D eigenvalue weighted by molar-refractivity contribution is 5.70. The zero-order valence-corrected chi connectivity index (χ0v) is 16.3. The van der Waals surface area contributed by atoms with Crippen molar-refractivity contribution in [2.45, 2.75) is 0 Å². The Kier molecular flexibility index (Phi) is 16.9. The first-order chi connectivity index (χ1) is 13.6. The SMILES string of the molecule is COCCOCCOCCOCC(=O)OCC(CN=[N+]=[N-])(CN=[N+]=[N-])COC. The van der Waals surface area contributed by atoms with Crippen LogP contribution in [-0.4, -0.2) is 92.7 Å². The van der Waals surface area contributed by atoms with E-state index in [-0.39, 0.29) is 39.5 Å². The number of azide groups is 2. The summed E-state index contributed by atoms with van der Waals surface area (Å²) >= 11 is 0. The van der Waals surface area contributed by atoms with E-state index >= 15 is 0 Å². The quantitative estimate of drug-likeness (QED) is 0.103. The van der Waals surface area contributed by atoms with E-state index in [1.54, 1.807) is 7.11 Å². The first-order valence-electron chi connectivity index (χ1n) is 8.52. The summed E-state index contributed by atoms with van der Waals surface area (Å²) in [6.45, 7) is 2.00. The van der Waals surface area contributed by atoms with Crippen molar-refractivity contribution in [3.05, 3.63) is 20.9 Å². The van der Waals surface area contributed by atoms with E-state index in [0.29, 0.717) is 33.0 Å². The second-order valence-electron chi connectivity index (χ2n) is 5.64. The topological polar surface area (TPSA) is 170 Å². The fourth-order valence-electron chi connectivity index (χ4n) is 1.96. The van der Waals surface area contributed by atoms with Crippen LogP contribution in [0.15, 0.2) is 10.2 Å². The predicted octanol–water partition coefficient (Wildman–Crippen LogP) is 1.48. The van der Waals surface area contributed by atoms with E-state index in [0.717, 1.165) is 0 Å². The van der Waals surface area contributed by atoms with Crippen LogP contribution in [-0.2, 0) is 33.2 Å². The lowest BCUT2D eigenvalue weighted by Crippen LogP contribution is -2.39. The average molecular weight is 404 g/mol. The molecule has 0 aliphatic rings. The monoisotopic (exact) mass is 404 g/mol. The molecule has 0 fully saturated rings.